The average molecular weight is 231 g/mol. The fourth-order valence-electron chi connectivity index (χ4n) is 1.57. The van der Waals surface area contributed by atoms with Crippen LogP contribution in [0.5, 0.6) is 11.8 Å². The van der Waals surface area contributed by atoms with Gasteiger partial charge in [-0.1, -0.05) is 12.1 Å². The molecule has 0 radical (unpaired) electrons. The van der Waals surface area contributed by atoms with Crippen LogP contribution in [0.2, 0.25) is 0 Å². The molecule has 0 spiro atoms. The Morgan fingerprint density at radius 3 is 2.29 bits per heavy atom. The molecule has 0 atom stereocenters. The fraction of sp³-hybridized carbons (Fsp3) is 0. The third-order valence-corrected chi connectivity index (χ3v) is 2.32. The van der Waals surface area contributed by atoms with Gasteiger partial charge in [0.2, 0.25) is 0 Å². The van der Waals surface area contributed by atoms with Crippen molar-refractivity contribution in [2.75, 3.05) is 0 Å². The van der Waals surface area contributed by atoms with Gasteiger partial charge < -0.3 is 10.2 Å². The normalized spacial score (nSPS) is 10.1. The molecule has 0 bridgehead atoms. The largest absolute Gasteiger partial charge is 0.494 e. The van der Waals surface area contributed by atoms with Crippen molar-refractivity contribution in [3.63, 3.8) is 0 Å². The molecule has 2 rings (SSSR count). The second-order valence-electron chi connectivity index (χ2n) is 3.32. The number of nitrogens with one attached hydrogen (secondary N) is 1. The summed E-state index contributed by atoms with van der Waals surface area (Å²) < 4.78 is 1.10. The van der Waals surface area contributed by atoms with Crippen molar-refractivity contribution in [3.05, 3.63) is 42.0 Å². The number of rotatable bonds is 2. The van der Waals surface area contributed by atoms with E-state index in [0.717, 1.165) is 4.57 Å². The fourth-order valence-corrected chi connectivity index (χ4v) is 1.57. The first-order chi connectivity index (χ1) is 8.15. The van der Waals surface area contributed by atoms with E-state index < -0.39 is 5.91 Å². The quantitative estimate of drug-likeness (QED) is 0.690. The number of aromatic hydroxyl groups is 2. The van der Waals surface area contributed by atoms with Crippen LogP contribution in [0.25, 0.3) is 5.69 Å². The molecule has 0 aliphatic rings. The summed E-state index contributed by atoms with van der Waals surface area (Å²) in [5.74, 6) is -1.14. The van der Waals surface area contributed by atoms with Gasteiger partial charge in [-0.25, -0.2) is 5.53 Å². The summed E-state index contributed by atoms with van der Waals surface area (Å²) in [7, 11) is 0. The minimum Gasteiger partial charge on any atom is -0.494 e. The summed E-state index contributed by atoms with van der Waals surface area (Å²) in [5.41, 5.74) is 7.12. The predicted octanol–water partition coefficient (Wildman–Crippen LogP) is 2.06. The van der Waals surface area contributed by atoms with Crippen LogP contribution in [0.4, 0.5) is 0 Å². The molecule has 0 aliphatic heterocycles. The van der Waals surface area contributed by atoms with Gasteiger partial charge in [-0.05, 0) is 12.1 Å². The molecular weight excluding hydrogens is 222 g/mol. The lowest BCUT2D eigenvalue weighted by Gasteiger charge is -2.09. The first-order valence-corrected chi connectivity index (χ1v) is 4.76. The van der Waals surface area contributed by atoms with Gasteiger partial charge in [0.05, 0.1) is 11.3 Å². The number of amides is 1. The Labute approximate surface area is 96.3 Å². The zero-order valence-electron chi connectivity index (χ0n) is 8.66. The summed E-state index contributed by atoms with van der Waals surface area (Å²) in [5, 5.41) is 22.0. The van der Waals surface area contributed by atoms with Crippen molar-refractivity contribution in [1.82, 2.24) is 4.57 Å². The molecular formula is C11H9N3O3. The minimum atomic E-state index is -0.742. The molecule has 0 aliphatic carbocycles. The van der Waals surface area contributed by atoms with Crippen LogP contribution in [0.15, 0.2) is 41.5 Å². The second kappa shape index (κ2) is 4.09. The van der Waals surface area contributed by atoms with Crippen molar-refractivity contribution >= 4 is 5.91 Å². The van der Waals surface area contributed by atoms with Crippen molar-refractivity contribution in [2.45, 2.75) is 0 Å². The molecule has 0 saturated heterocycles. The highest BCUT2D eigenvalue weighted by Gasteiger charge is 2.15. The zero-order chi connectivity index (χ0) is 12.4. The molecule has 1 aromatic heterocycles. The van der Waals surface area contributed by atoms with Gasteiger partial charge in [-0.3, -0.25) is 9.36 Å². The smallest absolute Gasteiger partial charge is 0.296 e. The van der Waals surface area contributed by atoms with Gasteiger partial charge in [0.1, 0.15) is 0 Å². The molecule has 6 heteroatoms. The molecule has 0 fully saturated rings. The van der Waals surface area contributed by atoms with Crippen LogP contribution in [0.3, 0.4) is 0 Å². The molecule has 3 N–H and O–H groups in total. The van der Waals surface area contributed by atoms with E-state index in [2.05, 4.69) is 5.11 Å². The highest BCUT2D eigenvalue weighted by Crippen LogP contribution is 2.28. The summed E-state index contributed by atoms with van der Waals surface area (Å²) >= 11 is 0. The zero-order valence-corrected chi connectivity index (χ0v) is 8.66. The Hall–Kier alpha value is -2.63. The van der Waals surface area contributed by atoms with Gasteiger partial charge in [0, 0.05) is 12.1 Å². The number of aromatic nitrogens is 1. The van der Waals surface area contributed by atoms with E-state index in [9.17, 15) is 15.0 Å². The highest BCUT2D eigenvalue weighted by molar-refractivity contribution is 5.98. The number of benzene rings is 1. The van der Waals surface area contributed by atoms with E-state index in [1.165, 1.54) is 24.3 Å². The molecule has 1 heterocycles. The lowest BCUT2D eigenvalue weighted by Crippen LogP contribution is -2.03. The van der Waals surface area contributed by atoms with Gasteiger partial charge in [0.15, 0.2) is 11.8 Å². The molecule has 6 nitrogen and oxygen atoms in total. The molecule has 17 heavy (non-hydrogen) atoms. The Morgan fingerprint density at radius 1 is 1.12 bits per heavy atom. The van der Waals surface area contributed by atoms with E-state index in [1.807, 2.05) is 0 Å². The Morgan fingerprint density at radius 2 is 1.71 bits per heavy atom. The molecule has 1 amide bonds. The Kier molecular flexibility index (Phi) is 2.61. The Bertz CT molecular complexity index is 570. The standard InChI is InChI=1S/C11H9N3O3/c12-13-11(17)7-3-1-2-4-8(7)14-9(15)5-6-10(14)16/h1-6,12,15-16H. The average Bonchev–Trinajstić information content (AvgIpc) is 2.68. The van der Waals surface area contributed by atoms with Crippen molar-refractivity contribution in [3.8, 4) is 17.4 Å². The van der Waals surface area contributed by atoms with E-state index >= 15 is 0 Å². The highest BCUT2D eigenvalue weighted by atomic mass is 16.3. The summed E-state index contributed by atoms with van der Waals surface area (Å²) in [6, 6.07) is 8.86. The van der Waals surface area contributed by atoms with E-state index in [4.69, 9.17) is 5.53 Å². The molecule has 0 unspecified atom stereocenters. The topological polar surface area (TPSA) is 98.7 Å². The van der Waals surface area contributed by atoms with E-state index in [1.54, 1.807) is 12.1 Å². The predicted molar refractivity (Wildman–Crippen MR) is 58.6 cm³/mol. The second-order valence-corrected chi connectivity index (χ2v) is 3.32. The summed E-state index contributed by atoms with van der Waals surface area (Å²) in [6.45, 7) is 0. The number of carbonyl (C=O) groups excluding carboxylic acids is 1. The van der Waals surface area contributed by atoms with Crippen LogP contribution in [-0.4, -0.2) is 20.7 Å². The summed E-state index contributed by atoms with van der Waals surface area (Å²) in [6.07, 6.45) is 0. The maximum atomic E-state index is 11.4. The van der Waals surface area contributed by atoms with E-state index in [-0.39, 0.29) is 23.0 Å². The molecule has 1 aromatic carbocycles. The van der Waals surface area contributed by atoms with Crippen LogP contribution in [0.1, 0.15) is 10.4 Å². The Balaban J connectivity index is 2.68. The summed E-state index contributed by atoms with van der Waals surface area (Å²) in [4.78, 5) is 11.4. The first-order valence-electron chi connectivity index (χ1n) is 4.76. The monoisotopic (exact) mass is 231 g/mol. The lowest BCUT2D eigenvalue weighted by atomic mass is 10.1. The van der Waals surface area contributed by atoms with Crippen molar-refractivity contribution in [2.24, 2.45) is 5.11 Å². The van der Waals surface area contributed by atoms with Crippen molar-refractivity contribution in [1.29, 1.82) is 5.53 Å². The number of hydrogen-bond acceptors (Lipinski definition) is 4. The van der Waals surface area contributed by atoms with Crippen LogP contribution < -0.4 is 0 Å². The third kappa shape index (κ3) is 1.76. The van der Waals surface area contributed by atoms with Crippen LogP contribution in [0, 0.1) is 5.53 Å². The SMILES string of the molecule is N=NC(=O)c1ccccc1-n1c(O)ccc1O. The molecule has 0 saturated carbocycles. The van der Waals surface area contributed by atoms with Gasteiger partial charge in [0.25, 0.3) is 5.91 Å². The van der Waals surface area contributed by atoms with Crippen LogP contribution >= 0.6 is 0 Å². The number of hydrogen-bond donors (Lipinski definition) is 3. The maximum Gasteiger partial charge on any atom is 0.296 e. The minimum absolute atomic E-state index is 0.129. The number of carbonyl (C=O) groups is 1. The van der Waals surface area contributed by atoms with E-state index in [0.29, 0.717) is 0 Å². The third-order valence-electron chi connectivity index (χ3n) is 2.32. The van der Waals surface area contributed by atoms with Crippen molar-refractivity contribution < 1.29 is 15.0 Å². The first kappa shape index (κ1) is 10.9. The molecule has 2 aromatic rings. The maximum absolute atomic E-state index is 11.4. The van der Waals surface area contributed by atoms with Crippen LogP contribution in [-0.2, 0) is 0 Å². The number of para-hydroxylation sites is 1. The number of nitrogens with zero attached hydrogens (tertiary/aromatic N) is 2. The van der Waals surface area contributed by atoms with Gasteiger partial charge in [-0.15, -0.1) is 5.11 Å². The van der Waals surface area contributed by atoms with Gasteiger partial charge >= 0.3 is 0 Å². The lowest BCUT2D eigenvalue weighted by molar-refractivity contribution is 0.0991. The molecule has 86 valence electrons. The van der Waals surface area contributed by atoms with Gasteiger partial charge in [-0.2, -0.15) is 0 Å².